The van der Waals surface area contributed by atoms with Gasteiger partial charge in [0.1, 0.15) is 5.75 Å². The van der Waals surface area contributed by atoms with Crippen LogP contribution >= 0.6 is 34.5 Å². The zero-order chi connectivity index (χ0) is 23.6. The maximum absolute atomic E-state index is 11.0. The third kappa shape index (κ3) is 5.56. The molecule has 1 fully saturated rings. The van der Waals surface area contributed by atoms with E-state index in [4.69, 9.17) is 38.0 Å². The Labute approximate surface area is 208 Å². The first-order valence-corrected chi connectivity index (χ1v) is 12.8. The first-order chi connectivity index (χ1) is 15.8. The van der Waals surface area contributed by atoms with Crippen LogP contribution < -0.4 is 9.64 Å². The summed E-state index contributed by atoms with van der Waals surface area (Å²) in [6.45, 7) is 7.04. The molecule has 0 spiro atoms. The Hall–Kier alpha value is -2.02. The van der Waals surface area contributed by atoms with Crippen LogP contribution in [0.25, 0.3) is 10.2 Å². The molecule has 1 aromatic heterocycles. The first kappa shape index (κ1) is 24.1. The van der Waals surface area contributed by atoms with E-state index in [0.29, 0.717) is 28.9 Å². The van der Waals surface area contributed by atoms with E-state index >= 15 is 0 Å². The molecule has 1 saturated heterocycles. The number of carboxylic acid groups (broad SMARTS) is 1. The summed E-state index contributed by atoms with van der Waals surface area (Å²) in [6, 6.07) is 11.0. The van der Waals surface area contributed by atoms with Crippen molar-refractivity contribution in [1.29, 1.82) is 0 Å². The molecule has 2 aromatic carbocycles. The molecule has 1 aliphatic heterocycles. The zero-order valence-electron chi connectivity index (χ0n) is 18.8. The summed E-state index contributed by atoms with van der Waals surface area (Å²) < 4.78 is 7.16. The summed E-state index contributed by atoms with van der Waals surface area (Å²) in [5, 5.41) is 11.3. The Balaban J connectivity index is 1.39. The lowest BCUT2D eigenvalue weighted by Crippen LogP contribution is -2.43. The molecule has 0 bridgehead atoms. The summed E-state index contributed by atoms with van der Waals surface area (Å²) >= 11 is 14.1. The summed E-state index contributed by atoms with van der Waals surface area (Å²) in [7, 11) is 0. The van der Waals surface area contributed by atoms with Crippen LogP contribution in [0.5, 0.6) is 5.75 Å². The van der Waals surface area contributed by atoms with Crippen molar-refractivity contribution in [3.05, 3.63) is 52.0 Å². The number of nitrogens with zero attached hydrogens (tertiary/aromatic N) is 2. The number of aliphatic carboxylic acids is 1. The van der Waals surface area contributed by atoms with Crippen LogP contribution in [0.15, 0.2) is 36.4 Å². The fourth-order valence-corrected chi connectivity index (χ4v) is 6.05. The average Bonchev–Trinajstić information content (AvgIpc) is 3.19. The fourth-order valence-electron chi connectivity index (χ4n) is 4.59. The highest BCUT2D eigenvalue weighted by Crippen LogP contribution is 2.44. The van der Waals surface area contributed by atoms with Crippen LogP contribution in [-0.4, -0.2) is 35.8 Å². The molecular formula is C25H28Cl2N2O3S. The van der Waals surface area contributed by atoms with E-state index in [9.17, 15) is 4.79 Å². The fraction of sp³-hybridized carbons (Fsp3) is 0.440. The molecule has 0 radical (unpaired) electrons. The monoisotopic (exact) mass is 506 g/mol. The van der Waals surface area contributed by atoms with Gasteiger partial charge in [0.05, 0.1) is 28.3 Å². The Morgan fingerprint density at radius 1 is 1.21 bits per heavy atom. The van der Waals surface area contributed by atoms with E-state index in [2.05, 4.69) is 18.7 Å². The number of hydrogen-bond acceptors (Lipinski definition) is 5. The standard InChI is InChI=1S/C25H28Cl2N2O3S/c1-16(2)25(9-12-32-21-13-17(14-23(30)31)3-5-19(21)27)7-10-29(11-8-25)24-28-20-6-4-18(26)15-22(20)33-24/h3-6,13,15-16H,7-12,14H2,1-2H3,(H,30,31). The van der Waals surface area contributed by atoms with E-state index in [1.54, 1.807) is 29.5 Å². The summed E-state index contributed by atoms with van der Waals surface area (Å²) in [6.07, 6.45) is 3.01. The average molecular weight is 507 g/mol. The number of aromatic nitrogens is 1. The van der Waals surface area contributed by atoms with E-state index in [-0.39, 0.29) is 11.8 Å². The van der Waals surface area contributed by atoms with Gasteiger partial charge in [-0.3, -0.25) is 4.79 Å². The topological polar surface area (TPSA) is 62.7 Å². The zero-order valence-corrected chi connectivity index (χ0v) is 21.1. The van der Waals surface area contributed by atoms with Crippen molar-refractivity contribution < 1.29 is 14.6 Å². The van der Waals surface area contributed by atoms with E-state index in [1.807, 2.05) is 18.2 Å². The van der Waals surface area contributed by atoms with Gasteiger partial charge < -0.3 is 14.7 Å². The van der Waals surface area contributed by atoms with E-state index < -0.39 is 5.97 Å². The SMILES string of the molecule is CC(C)C1(CCOc2cc(CC(=O)O)ccc2Cl)CCN(c2nc3ccc(Cl)cc3s2)CC1. The number of ether oxygens (including phenoxy) is 1. The van der Waals surface area contributed by atoms with E-state index in [0.717, 1.165) is 52.7 Å². The molecule has 0 saturated carbocycles. The molecule has 0 amide bonds. The molecule has 8 heteroatoms. The number of fused-ring (bicyclic) bond motifs is 1. The number of halogens is 2. The summed E-state index contributed by atoms with van der Waals surface area (Å²) in [5.41, 5.74) is 1.86. The van der Waals surface area contributed by atoms with Gasteiger partial charge in [0.15, 0.2) is 5.13 Å². The molecule has 176 valence electrons. The highest BCUT2D eigenvalue weighted by molar-refractivity contribution is 7.22. The van der Waals surface area contributed by atoms with Gasteiger partial charge >= 0.3 is 5.97 Å². The van der Waals surface area contributed by atoms with Crippen molar-refractivity contribution in [2.75, 3.05) is 24.6 Å². The molecule has 3 aromatic rings. The smallest absolute Gasteiger partial charge is 0.307 e. The lowest BCUT2D eigenvalue weighted by Gasteiger charge is -2.44. The number of hydrogen-bond donors (Lipinski definition) is 1. The number of anilines is 1. The third-order valence-electron chi connectivity index (χ3n) is 6.80. The van der Waals surface area contributed by atoms with Crippen LogP contribution in [0.2, 0.25) is 10.0 Å². The number of rotatable bonds is 8. The Bertz CT molecular complexity index is 1140. The van der Waals surface area contributed by atoms with Crippen LogP contribution in [0.4, 0.5) is 5.13 Å². The largest absolute Gasteiger partial charge is 0.492 e. The minimum atomic E-state index is -0.870. The number of carbonyl (C=O) groups is 1. The first-order valence-electron chi connectivity index (χ1n) is 11.2. The van der Waals surface area contributed by atoms with Gasteiger partial charge in [-0.15, -0.1) is 0 Å². The van der Waals surface area contributed by atoms with Crippen molar-refractivity contribution in [2.24, 2.45) is 11.3 Å². The maximum Gasteiger partial charge on any atom is 0.307 e. The Kier molecular flexibility index (Phi) is 7.37. The van der Waals surface area contributed by atoms with Gasteiger partial charge in [0.2, 0.25) is 0 Å². The van der Waals surface area contributed by atoms with Gasteiger partial charge in [0, 0.05) is 18.1 Å². The van der Waals surface area contributed by atoms with Crippen LogP contribution in [0.3, 0.4) is 0 Å². The Morgan fingerprint density at radius 2 is 1.97 bits per heavy atom. The predicted molar refractivity (Wildman–Crippen MR) is 136 cm³/mol. The highest BCUT2D eigenvalue weighted by Gasteiger charge is 2.38. The van der Waals surface area contributed by atoms with Crippen molar-refractivity contribution in [1.82, 2.24) is 4.98 Å². The van der Waals surface area contributed by atoms with Crippen LogP contribution in [0, 0.1) is 11.3 Å². The molecule has 33 heavy (non-hydrogen) atoms. The van der Waals surface area contributed by atoms with Gasteiger partial charge in [-0.2, -0.15) is 0 Å². The normalized spacial score (nSPS) is 15.8. The summed E-state index contributed by atoms with van der Waals surface area (Å²) in [4.78, 5) is 18.2. The highest BCUT2D eigenvalue weighted by atomic mass is 35.5. The molecule has 0 aliphatic carbocycles. The van der Waals surface area contributed by atoms with Crippen molar-refractivity contribution >= 4 is 55.9 Å². The summed E-state index contributed by atoms with van der Waals surface area (Å²) in [5.74, 6) is 0.205. The lowest BCUT2D eigenvalue weighted by atomic mass is 9.68. The van der Waals surface area contributed by atoms with Crippen molar-refractivity contribution in [3.63, 3.8) is 0 Å². The molecule has 0 unspecified atom stereocenters. The van der Waals surface area contributed by atoms with Gasteiger partial charge in [-0.1, -0.05) is 54.5 Å². The molecule has 1 aliphatic rings. The number of benzene rings is 2. The molecule has 2 heterocycles. The third-order valence-corrected chi connectivity index (χ3v) is 8.43. The maximum atomic E-state index is 11.0. The molecule has 0 atom stereocenters. The van der Waals surface area contributed by atoms with Crippen molar-refractivity contribution in [3.8, 4) is 5.75 Å². The second-order valence-electron chi connectivity index (χ2n) is 9.05. The number of thiazole rings is 1. The molecule has 4 rings (SSSR count). The minimum absolute atomic E-state index is 0.0444. The van der Waals surface area contributed by atoms with Gasteiger partial charge in [0.25, 0.3) is 0 Å². The van der Waals surface area contributed by atoms with Gasteiger partial charge in [-0.05, 0) is 66.5 Å². The number of carboxylic acids is 1. The van der Waals surface area contributed by atoms with Crippen LogP contribution in [-0.2, 0) is 11.2 Å². The molecule has 5 nitrogen and oxygen atoms in total. The minimum Gasteiger partial charge on any atom is -0.492 e. The van der Waals surface area contributed by atoms with Crippen LogP contribution in [0.1, 0.15) is 38.7 Å². The van der Waals surface area contributed by atoms with Crippen molar-refractivity contribution in [2.45, 2.75) is 39.5 Å². The second-order valence-corrected chi connectivity index (χ2v) is 10.9. The Morgan fingerprint density at radius 3 is 2.67 bits per heavy atom. The van der Waals surface area contributed by atoms with Gasteiger partial charge in [-0.25, -0.2) is 4.98 Å². The number of piperidine rings is 1. The molecule has 1 N–H and O–H groups in total. The predicted octanol–water partition coefficient (Wildman–Crippen LogP) is 6.94. The second kappa shape index (κ2) is 10.1. The quantitative estimate of drug-likeness (QED) is 0.358. The lowest BCUT2D eigenvalue weighted by molar-refractivity contribution is -0.136. The molecular weight excluding hydrogens is 479 g/mol. The van der Waals surface area contributed by atoms with E-state index in [1.165, 1.54) is 0 Å².